The molecule has 2 rings (SSSR count). The van der Waals surface area contributed by atoms with E-state index in [2.05, 4.69) is 17.0 Å². The highest BCUT2D eigenvalue weighted by atomic mass is 16.5. The summed E-state index contributed by atoms with van der Waals surface area (Å²) in [4.78, 5) is 14.1. The summed E-state index contributed by atoms with van der Waals surface area (Å²) >= 11 is 0. The lowest BCUT2D eigenvalue weighted by atomic mass is 9.92. The Bertz CT molecular complexity index is 408. The molecule has 2 atom stereocenters. The van der Waals surface area contributed by atoms with Crippen LogP contribution in [0.3, 0.4) is 0 Å². The van der Waals surface area contributed by atoms with Crippen molar-refractivity contribution in [3.05, 3.63) is 35.9 Å². The van der Waals surface area contributed by atoms with E-state index < -0.39 is 0 Å². The van der Waals surface area contributed by atoms with Crippen LogP contribution in [0, 0.1) is 5.92 Å². The van der Waals surface area contributed by atoms with Crippen molar-refractivity contribution in [2.45, 2.75) is 25.9 Å². The Balaban J connectivity index is 1.88. The van der Waals surface area contributed by atoms with Crippen LogP contribution in [-0.2, 0) is 16.1 Å². The van der Waals surface area contributed by atoms with Gasteiger partial charge in [-0.3, -0.25) is 9.69 Å². The number of nitrogens with two attached hydrogens (primary N) is 1. The molecule has 0 saturated carbocycles. The summed E-state index contributed by atoms with van der Waals surface area (Å²) in [5.41, 5.74) is 7.39. The topological polar surface area (TPSA) is 55.6 Å². The van der Waals surface area contributed by atoms with Crippen LogP contribution >= 0.6 is 0 Å². The molecule has 4 heteroatoms. The van der Waals surface area contributed by atoms with E-state index in [1.54, 1.807) is 0 Å². The summed E-state index contributed by atoms with van der Waals surface area (Å²) in [5, 5.41) is 0. The summed E-state index contributed by atoms with van der Waals surface area (Å²) < 4.78 is 5.07. The molecule has 1 aromatic rings. The molecule has 1 aliphatic heterocycles. The minimum absolute atomic E-state index is 0.128. The van der Waals surface area contributed by atoms with Crippen molar-refractivity contribution in [1.29, 1.82) is 0 Å². The molecule has 1 heterocycles. The van der Waals surface area contributed by atoms with Crippen LogP contribution in [0.5, 0.6) is 0 Å². The Morgan fingerprint density at radius 2 is 2.16 bits per heavy atom. The number of ether oxygens (including phenoxy) is 1. The Hall–Kier alpha value is -1.39. The third kappa shape index (κ3) is 3.78. The molecule has 0 radical (unpaired) electrons. The molecule has 1 aromatic carbocycles. The molecule has 1 unspecified atom stereocenters. The number of benzene rings is 1. The van der Waals surface area contributed by atoms with Crippen LogP contribution in [0.2, 0.25) is 0 Å². The number of carbonyl (C=O) groups excluding carboxylic acids is 1. The predicted molar refractivity (Wildman–Crippen MR) is 74.4 cm³/mol. The van der Waals surface area contributed by atoms with E-state index in [4.69, 9.17) is 10.5 Å². The normalized spacial score (nSPS) is 24.1. The molecule has 1 aliphatic rings. The number of carbonyl (C=O) groups is 1. The predicted octanol–water partition coefficient (Wildman–Crippen LogP) is 1.40. The summed E-state index contributed by atoms with van der Waals surface area (Å²) in [7, 11) is 0. The maximum atomic E-state index is 11.8. The second-order valence-electron chi connectivity index (χ2n) is 5.03. The zero-order valence-electron chi connectivity index (χ0n) is 11.4. The van der Waals surface area contributed by atoms with Crippen molar-refractivity contribution in [2.24, 2.45) is 11.7 Å². The summed E-state index contributed by atoms with van der Waals surface area (Å²) in [5.74, 6) is -0.290. The van der Waals surface area contributed by atoms with Gasteiger partial charge in [-0.15, -0.1) is 0 Å². The maximum Gasteiger partial charge on any atom is 0.310 e. The van der Waals surface area contributed by atoms with Crippen LogP contribution in [0.4, 0.5) is 0 Å². The van der Waals surface area contributed by atoms with Gasteiger partial charge in [-0.05, 0) is 25.5 Å². The number of nitrogens with zero attached hydrogens (tertiary/aromatic N) is 1. The van der Waals surface area contributed by atoms with E-state index in [0.29, 0.717) is 6.61 Å². The zero-order chi connectivity index (χ0) is 13.7. The minimum Gasteiger partial charge on any atom is -0.466 e. The molecule has 2 N–H and O–H groups in total. The second-order valence-corrected chi connectivity index (χ2v) is 5.03. The van der Waals surface area contributed by atoms with E-state index >= 15 is 0 Å². The molecule has 0 bridgehead atoms. The summed E-state index contributed by atoms with van der Waals surface area (Å²) in [6.07, 6.45) is 0.785. The van der Waals surface area contributed by atoms with Crippen molar-refractivity contribution in [3.63, 3.8) is 0 Å². The third-order valence-corrected chi connectivity index (χ3v) is 3.58. The Labute approximate surface area is 114 Å². The first kappa shape index (κ1) is 14.0. The number of rotatable bonds is 4. The first-order valence-corrected chi connectivity index (χ1v) is 6.89. The zero-order valence-corrected chi connectivity index (χ0v) is 11.4. The standard InChI is InChI=1S/C15H22N2O2/c1-2-19-15(18)13-8-9-17(11-14(13)16)10-12-6-4-3-5-7-12/h3-7,13-14H,2,8-11,16H2,1H3/t13?,14-/m1/s1. The average Bonchev–Trinajstić information content (AvgIpc) is 2.40. The molecular formula is C15H22N2O2. The van der Waals surface area contributed by atoms with E-state index in [1.807, 2.05) is 25.1 Å². The number of piperidine rings is 1. The molecule has 4 nitrogen and oxygen atoms in total. The highest BCUT2D eigenvalue weighted by molar-refractivity contribution is 5.73. The fourth-order valence-corrected chi connectivity index (χ4v) is 2.58. The van der Waals surface area contributed by atoms with Gasteiger partial charge in [0.1, 0.15) is 0 Å². The molecule has 19 heavy (non-hydrogen) atoms. The summed E-state index contributed by atoms with van der Waals surface area (Å²) in [6, 6.07) is 10.2. The molecule has 1 fully saturated rings. The van der Waals surface area contributed by atoms with Crippen LogP contribution < -0.4 is 5.73 Å². The van der Waals surface area contributed by atoms with Gasteiger partial charge in [0.15, 0.2) is 0 Å². The second kappa shape index (κ2) is 6.68. The summed E-state index contributed by atoms with van der Waals surface area (Å²) in [6.45, 7) is 4.79. The first-order chi connectivity index (χ1) is 9.20. The Morgan fingerprint density at radius 3 is 2.79 bits per heavy atom. The van der Waals surface area contributed by atoms with Crippen LogP contribution in [0.25, 0.3) is 0 Å². The molecular weight excluding hydrogens is 240 g/mol. The lowest BCUT2D eigenvalue weighted by Crippen LogP contribution is -2.51. The number of hydrogen-bond acceptors (Lipinski definition) is 4. The average molecular weight is 262 g/mol. The smallest absolute Gasteiger partial charge is 0.310 e. The number of esters is 1. The van der Waals surface area contributed by atoms with Gasteiger partial charge < -0.3 is 10.5 Å². The molecule has 0 aromatic heterocycles. The quantitative estimate of drug-likeness (QED) is 0.833. The van der Waals surface area contributed by atoms with Crippen molar-refractivity contribution >= 4 is 5.97 Å². The van der Waals surface area contributed by atoms with Gasteiger partial charge in [0, 0.05) is 19.1 Å². The van der Waals surface area contributed by atoms with Crippen molar-refractivity contribution in [2.75, 3.05) is 19.7 Å². The number of likely N-dealkylation sites (tertiary alicyclic amines) is 1. The van der Waals surface area contributed by atoms with Gasteiger partial charge in [0.05, 0.1) is 12.5 Å². The Morgan fingerprint density at radius 1 is 1.42 bits per heavy atom. The van der Waals surface area contributed by atoms with Gasteiger partial charge in [0.25, 0.3) is 0 Å². The van der Waals surface area contributed by atoms with Crippen LogP contribution in [0.1, 0.15) is 18.9 Å². The maximum absolute atomic E-state index is 11.8. The van der Waals surface area contributed by atoms with Gasteiger partial charge in [-0.2, -0.15) is 0 Å². The lowest BCUT2D eigenvalue weighted by Gasteiger charge is -2.35. The molecule has 0 aliphatic carbocycles. The molecule has 104 valence electrons. The lowest BCUT2D eigenvalue weighted by molar-refractivity contribution is -0.150. The SMILES string of the molecule is CCOC(=O)C1CCN(Cc2ccccc2)C[C@H]1N. The van der Waals surface area contributed by atoms with Crippen molar-refractivity contribution in [3.8, 4) is 0 Å². The van der Waals surface area contributed by atoms with Crippen molar-refractivity contribution in [1.82, 2.24) is 4.90 Å². The monoisotopic (exact) mass is 262 g/mol. The fourth-order valence-electron chi connectivity index (χ4n) is 2.58. The van der Waals surface area contributed by atoms with Gasteiger partial charge in [0.2, 0.25) is 0 Å². The Kier molecular flexibility index (Phi) is 4.93. The van der Waals surface area contributed by atoms with Crippen LogP contribution in [-0.4, -0.2) is 36.6 Å². The van der Waals surface area contributed by atoms with Crippen LogP contribution in [0.15, 0.2) is 30.3 Å². The molecule has 0 spiro atoms. The van der Waals surface area contributed by atoms with E-state index in [1.165, 1.54) is 5.56 Å². The largest absolute Gasteiger partial charge is 0.466 e. The van der Waals surface area contributed by atoms with E-state index in [9.17, 15) is 4.79 Å². The molecule has 0 amide bonds. The first-order valence-electron chi connectivity index (χ1n) is 6.89. The third-order valence-electron chi connectivity index (χ3n) is 3.58. The van der Waals surface area contributed by atoms with Gasteiger partial charge in [-0.25, -0.2) is 0 Å². The van der Waals surface area contributed by atoms with Crippen molar-refractivity contribution < 1.29 is 9.53 Å². The highest BCUT2D eigenvalue weighted by Crippen LogP contribution is 2.19. The number of hydrogen-bond donors (Lipinski definition) is 1. The van der Waals surface area contributed by atoms with Gasteiger partial charge >= 0.3 is 5.97 Å². The fraction of sp³-hybridized carbons (Fsp3) is 0.533. The van der Waals surface area contributed by atoms with E-state index in [0.717, 1.165) is 26.1 Å². The van der Waals surface area contributed by atoms with Gasteiger partial charge in [-0.1, -0.05) is 30.3 Å². The van der Waals surface area contributed by atoms with E-state index in [-0.39, 0.29) is 17.9 Å². The highest BCUT2D eigenvalue weighted by Gasteiger charge is 2.32. The minimum atomic E-state index is -0.146. The molecule has 1 saturated heterocycles.